The van der Waals surface area contributed by atoms with Gasteiger partial charge < -0.3 is 10.5 Å². The lowest BCUT2D eigenvalue weighted by Gasteiger charge is -2.02. The van der Waals surface area contributed by atoms with Gasteiger partial charge in [-0.3, -0.25) is 0 Å². The Morgan fingerprint density at radius 1 is 1.00 bits per heavy atom. The monoisotopic (exact) mass is 201 g/mol. The van der Waals surface area contributed by atoms with Gasteiger partial charge in [0, 0.05) is 18.0 Å². The van der Waals surface area contributed by atoms with Gasteiger partial charge in [-0.05, 0) is 17.7 Å². The molecule has 0 radical (unpaired) electrons. The number of aromatic nitrogens is 2. The third kappa shape index (κ3) is 2.04. The fraction of sp³-hybridized carbons (Fsp3) is 0.0909. The van der Waals surface area contributed by atoms with Crippen LogP contribution in [0.3, 0.4) is 0 Å². The highest BCUT2D eigenvalue weighted by Crippen LogP contribution is 2.20. The molecule has 2 N–H and O–H groups in total. The predicted octanol–water partition coefficient (Wildman–Crippen LogP) is 1.73. The van der Waals surface area contributed by atoms with E-state index in [4.69, 9.17) is 10.5 Å². The van der Waals surface area contributed by atoms with Gasteiger partial charge in [0.1, 0.15) is 5.75 Å². The molecule has 4 heteroatoms. The van der Waals surface area contributed by atoms with Crippen molar-refractivity contribution in [2.45, 2.75) is 0 Å². The van der Waals surface area contributed by atoms with E-state index in [0.717, 1.165) is 16.9 Å². The van der Waals surface area contributed by atoms with E-state index in [1.807, 2.05) is 24.3 Å². The summed E-state index contributed by atoms with van der Waals surface area (Å²) in [6.07, 6.45) is 3.40. The number of nitrogens with two attached hydrogens (primary N) is 1. The maximum Gasteiger partial charge on any atom is 0.219 e. The molecule has 76 valence electrons. The van der Waals surface area contributed by atoms with Crippen molar-refractivity contribution in [1.29, 1.82) is 0 Å². The van der Waals surface area contributed by atoms with Crippen molar-refractivity contribution in [1.82, 2.24) is 9.97 Å². The quantitative estimate of drug-likeness (QED) is 0.803. The Morgan fingerprint density at radius 2 is 1.60 bits per heavy atom. The molecule has 0 saturated heterocycles. The number of rotatable bonds is 2. The molecule has 0 unspecified atom stereocenters. The van der Waals surface area contributed by atoms with Gasteiger partial charge in [-0.1, -0.05) is 12.1 Å². The lowest BCUT2D eigenvalue weighted by molar-refractivity contribution is 0.415. The van der Waals surface area contributed by atoms with E-state index >= 15 is 0 Å². The Bertz CT molecular complexity index is 436. The average molecular weight is 201 g/mol. The first kappa shape index (κ1) is 9.45. The minimum absolute atomic E-state index is 0.285. The van der Waals surface area contributed by atoms with E-state index in [1.165, 1.54) is 0 Å². The van der Waals surface area contributed by atoms with E-state index in [0.29, 0.717) is 0 Å². The Labute approximate surface area is 87.7 Å². The van der Waals surface area contributed by atoms with E-state index < -0.39 is 0 Å². The highest BCUT2D eigenvalue weighted by molar-refractivity contribution is 5.62. The van der Waals surface area contributed by atoms with Crippen molar-refractivity contribution in [2.24, 2.45) is 0 Å². The number of nitrogen functional groups attached to an aromatic ring is 1. The van der Waals surface area contributed by atoms with Crippen molar-refractivity contribution in [3.8, 4) is 16.9 Å². The maximum absolute atomic E-state index is 5.41. The van der Waals surface area contributed by atoms with Crippen molar-refractivity contribution < 1.29 is 4.74 Å². The second-order valence-corrected chi connectivity index (χ2v) is 3.06. The molecule has 0 fully saturated rings. The summed E-state index contributed by atoms with van der Waals surface area (Å²) in [4.78, 5) is 7.87. The molecule has 0 bridgehead atoms. The number of methoxy groups -OCH3 is 1. The van der Waals surface area contributed by atoms with Crippen LogP contribution in [0.4, 0.5) is 5.95 Å². The van der Waals surface area contributed by atoms with E-state index in [2.05, 4.69) is 9.97 Å². The van der Waals surface area contributed by atoms with Crippen LogP contribution in [0.25, 0.3) is 11.1 Å². The van der Waals surface area contributed by atoms with Crippen LogP contribution in [0.5, 0.6) is 5.75 Å². The number of hydrogen-bond donors (Lipinski definition) is 1. The Hall–Kier alpha value is -2.10. The van der Waals surface area contributed by atoms with Crippen LogP contribution in [0.15, 0.2) is 36.7 Å². The largest absolute Gasteiger partial charge is 0.497 e. The highest BCUT2D eigenvalue weighted by atomic mass is 16.5. The highest BCUT2D eigenvalue weighted by Gasteiger charge is 1.99. The molecule has 4 nitrogen and oxygen atoms in total. The molecule has 0 aliphatic carbocycles. The molecule has 0 atom stereocenters. The lowest BCUT2D eigenvalue weighted by atomic mass is 10.1. The molecule has 0 spiro atoms. The van der Waals surface area contributed by atoms with Crippen LogP contribution < -0.4 is 10.5 Å². The Balaban J connectivity index is 2.33. The third-order valence-corrected chi connectivity index (χ3v) is 2.10. The number of anilines is 1. The van der Waals surface area contributed by atoms with Crippen molar-refractivity contribution in [3.05, 3.63) is 36.7 Å². The van der Waals surface area contributed by atoms with Gasteiger partial charge in [0.15, 0.2) is 0 Å². The van der Waals surface area contributed by atoms with Crippen molar-refractivity contribution in [2.75, 3.05) is 12.8 Å². The fourth-order valence-electron chi connectivity index (χ4n) is 1.27. The van der Waals surface area contributed by atoms with Crippen LogP contribution in [0, 0.1) is 0 Å². The van der Waals surface area contributed by atoms with Crippen molar-refractivity contribution in [3.63, 3.8) is 0 Å². The molecule has 1 heterocycles. The lowest BCUT2D eigenvalue weighted by Crippen LogP contribution is -1.93. The molecule has 0 aliphatic rings. The third-order valence-electron chi connectivity index (χ3n) is 2.10. The minimum Gasteiger partial charge on any atom is -0.497 e. The summed E-state index contributed by atoms with van der Waals surface area (Å²) in [7, 11) is 1.64. The zero-order valence-corrected chi connectivity index (χ0v) is 8.34. The van der Waals surface area contributed by atoms with Crippen LogP contribution in [0.1, 0.15) is 0 Å². The van der Waals surface area contributed by atoms with Crippen molar-refractivity contribution >= 4 is 5.95 Å². The minimum atomic E-state index is 0.285. The number of hydrogen-bond acceptors (Lipinski definition) is 4. The van der Waals surface area contributed by atoms with Gasteiger partial charge >= 0.3 is 0 Å². The first-order valence-corrected chi connectivity index (χ1v) is 4.51. The number of benzene rings is 1. The molecule has 1 aromatic heterocycles. The summed E-state index contributed by atoms with van der Waals surface area (Å²) in [6.45, 7) is 0. The summed E-state index contributed by atoms with van der Waals surface area (Å²) in [5.74, 6) is 1.11. The number of nitrogens with zero attached hydrogens (tertiary/aromatic N) is 2. The van der Waals surface area contributed by atoms with Gasteiger partial charge in [0.05, 0.1) is 7.11 Å². The molecule has 2 aromatic rings. The molecular formula is C11H11N3O. The Morgan fingerprint density at radius 3 is 2.13 bits per heavy atom. The fourth-order valence-corrected chi connectivity index (χ4v) is 1.27. The topological polar surface area (TPSA) is 61.0 Å². The van der Waals surface area contributed by atoms with Gasteiger partial charge in [-0.15, -0.1) is 0 Å². The van der Waals surface area contributed by atoms with Crippen LogP contribution in [-0.4, -0.2) is 17.1 Å². The first-order chi connectivity index (χ1) is 7.29. The normalized spacial score (nSPS) is 9.93. The van der Waals surface area contributed by atoms with Gasteiger partial charge in [-0.2, -0.15) is 0 Å². The zero-order chi connectivity index (χ0) is 10.7. The molecule has 0 amide bonds. The van der Waals surface area contributed by atoms with Crippen LogP contribution in [-0.2, 0) is 0 Å². The van der Waals surface area contributed by atoms with E-state index in [9.17, 15) is 0 Å². The van der Waals surface area contributed by atoms with Crippen LogP contribution >= 0.6 is 0 Å². The summed E-state index contributed by atoms with van der Waals surface area (Å²) in [6, 6.07) is 7.69. The van der Waals surface area contributed by atoms with E-state index in [1.54, 1.807) is 19.5 Å². The summed E-state index contributed by atoms with van der Waals surface area (Å²) in [5, 5.41) is 0. The summed E-state index contributed by atoms with van der Waals surface area (Å²) >= 11 is 0. The van der Waals surface area contributed by atoms with Crippen LogP contribution in [0.2, 0.25) is 0 Å². The van der Waals surface area contributed by atoms with Gasteiger partial charge in [0.25, 0.3) is 0 Å². The first-order valence-electron chi connectivity index (χ1n) is 4.51. The SMILES string of the molecule is COc1ccc(-c2cnc(N)nc2)cc1. The summed E-state index contributed by atoms with van der Waals surface area (Å²) < 4.78 is 5.07. The number of ether oxygens (including phenoxy) is 1. The molecule has 0 saturated carbocycles. The Kier molecular flexibility index (Phi) is 2.49. The zero-order valence-electron chi connectivity index (χ0n) is 8.34. The van der Waals surface area contributed by atoms with Gasteiger partial charge in [0.2, 0.25) is 5.95 Å². The molecule has 15 heavy (non-hydrogen) atoms. The average Bonchev–Trinajstić information content (AvgIpc) is 2.30. The maximum atomic E-state index is 5.41. The second-order valence-electron chi connectivity index (χ2n) is 3.06. The second kappa shape index (κ2) is 3.96. The standard InChI is InChI=1S/C11H11N3O/c1-15-10-4-2-8(3-5-10)9-6-13-11(12)14-7-9/h2-7H,1H3,(H2,12,13,14). The predicted molar refractivity (Wildman–Crippen MR) is 58.4 cm³/mol. The molecule has 0 aliphatic heterocycles. The molecule has 1 aromatic carbocycles. The summed E-state index contributed by atoms with van der Waals surface area (Å²) in [5.41, 5.74) is 7.38. The molecular weight excluding hydrogens is 190 g/mol. The van der Waals surface area contributed by atoms with E-state index in [-0.39, 0.29) is 5.95 Å². The smallest absolute Gasteiger partial charge is 0.219 e. The van der Waals surface area contributed by atoms with Gasteiger partial charge in [-0.25, -0.2) is 9.97 Å². The molecule has 2 rings (SSSR count).